The molecule has 0 radical (unpaired) electrons. The highest BCUT2D eigenvalue weighted by Gasteiger charge is 2.36. The van der Waals surface area contributed by atoms with E-state index in [1.807, 2.05) is 0 Å². The Morgan fingerprint density at radius 1 is 0.826 bits per heavy atom. The number of nitrogens with zero attached hydrogens (tertiary/aromatic N) is 1. The zero-order valence-corrected chi connectivity index (χ0v) is 13.1. The first-order valence-corrected chi connectivity index (χ1v) is 8.55. The van der Waals surface area contributed by atoms with Crippen molar-refractivity contribution in [3.8, 4) is 0 Å². The number of hydrogen-bond donors (Lipinski definition) is 0. The SMILES string of the molecule is O=C1c2c(c3ccccc3c3ccccc23)CN2CCCCC12. The molecule has 1 unspecified atom stereocenters. The zero-order valence-electron chi connectivity index (χ0n) is 13.1. The van der Waals surface area contributed by atoms with Crippen LogP contribution in [0.25, 0.3) is 21.5 Å². The van der Waals surface area contributed by atoms with Crippen molar-refractivity contribution in [1.29, 1.82) is 0 Å². The molecule has 0 aliphatic carbocycles. The summed E-state index contributed by atoms with van der Waals surface area (Å²) in [7, 11) is 0. The maximum Gasteiger partial charge on any atom is 0.180 e. The van der Waals surface area contributed by atoms with Crippen LogP contribution in [0.1, 0.15) is 35.2 Å². The van der Waals surface area contributed by atoms with Crippen molar-refractivity contribution in [2.45, 2.75) is 31.8 Å². The number of ketones is 1. The molecule has 114 valence electrons. The van der Waals surface area contributed by atoms with E-state index in [4.69, 9.17) is 0 Å². The molecule has 1 saturated heterocycles. The van der Waals surface area contributed by atoms with Gasteiger partial charge < -0.3 is 0 Å². The quantitative estimate of drug-likeness (QED) is 0.568. The van der Waals surface area contributed by atoms with Crippen molar-refractivity contribution in [2.24, 2.45) is 0 Å². The van der Waals surface area contributed by atoms with Gasteiger partial charge in [0, 0.05) is 12.1 Å². The van der Waals surface area contributed by atoms with Crippen molar-refractivity contribution in [1.82, 2.24) is 4.90 Å². The highest BCUT2D eigenvalue weighted by Crippen LogP contribution is 2.39. The Bertz CT molecular complexity index is 943. The summed E-state index contributed by atoms with van der Waals surface area (Å²) in [6.45, 7) is 1.97. The third kappa shape index (κ3) is 1.82. The average Bonchev–Trinajstić information content (AvgIpc) is 2.62. The van der Waals surface area contributed by atoms with Gasteiger partial charge in [-0.05, 0) is 46.5 Å². The summed E-state index contributed by atoms with van der Waals surface area (Å²) >= 11 is 0. The minimum Gasteiger partial charge on any atom is -0.292 e. The fourth-order valence-electron chi connectivity index (χ4n) is 4.51. The number of rotatable bonds is 0. The molecule has 0 amide bonds. The minimum absolute atomic E-state index is 0.0980. The van der Waals surface area contributed by atoms with Crippen LogP contribution >= 0.6 is 0 Å². The van der Waals surface area contributed by atoms with E-state index in [1.165, 1.54) is 34.6 Å². The maximum absolute atomic E-state index is 13.3. The van der Waals surface area contributed by atoms with Gasteiger partial charge >= 0.3 is 0 Å². The molecule has 0 bridgehead atoms. The molecular formula is C21H19NO. The summed E-state index contributed by atoms with van der Waals surface area (Å²) in [4.78, 5) is 15.7. The van der Waals surface area contributed by atoms with Gasteiger partial charge in [0.2, 0.25) is 0 Å². The standard InChI is InChI=1S/C21H19NO/c23-21-19-11-5-6-12-22(19)13-18-16-9-2-1-7-14(16)15-8-3-4-10-17(15)20(18)21/h1-4,7-10,19H,5-6,11-13H2. The lowest BCUT2D eigenvalue weighted by molar-refractivity contribution is 0.0690. The number of carbonyl (C=O) groups excluding carboxylic acids is 1. The van der Waals surface area contributed by atoms with Crippen molar-refractivity contribution in [3.05, 3.63) is 59.7 Å². The molecular weight excluding hydrogens is 282 g/mol. The summed E-state index contributed by atoms with van der Waals surface area (Å²) < 4.78 is 0. The van der Waals surface area contributed by atoms with Gasteiger partial charge in [-0.3, -0.25) is 9.69 Å². The summed E-state index contributed by atoms with van der Waals surface area (Å²) in [5.41, 5.74) is 2.23. The first-order chi connectivity index (χ1) is 11.3. The number of piperidine rings is 1. The number of Topliss-reactive ketones (excluding diaryl/α,β-unsaturated/α-hetero) is 1. The Balaban J connectivity index is 1.91. The first-order valence-electron chi connectivity index (χ1n) is 8.55. The van der Waals surface area contributed by atoms with Crippen LogP contribution in [0, 0.1) is 0 Å². The van der Waals surface area contributed by atoms with E-state index < -0.39 is 0 Å². The van der Waals surface area contributed by atoms with E-state index in [9.17, 15) is 4.79 Å². The molecule has 5 rings (SSSR count). The second-order valence-electron chi connectivity index (χ2n) is 6.79. The van der Waals surface area contributed by atoms with Crippen molar-refractivity contribution >= 4 is 27.3 Å². The second-order valence-corrected chi connectivity index (χ2v) is 6.79. The van der Waals surface area contributed by atoms with Crippen LogP contribution in [0.2, 0.25) is 0 Å². The summed E-state index contributed by atoms with van der Waals surface area (Å²) in [5, 5.41) is 4.86. The van der Waals surface area contributed by atoms with E-state index in [2.05, 4.69) is 53.4 Å². The fourth-order valence-corrected chi connectivity index (χ4v) is 4.51. The van der Waals surface area contributed by atoms with Crippen LogP contribution in [0.3, 0.4) is 0 Å². The molecule has 1 fully saturated rings. The third-order valence-corrected chi connectivity index (χ3v) is 5.56. The molecule has 3 aromatic rings. The smallest absolute Gasteiger partial charge is 0.180 e. The second kappa shape index (κ2) is 4.90. The van der Waals surface area contributed by atoms with Gasteiger partial charge in [0.05, 0.1) is 6.04 Å². The Labute approximate surface area is 135 Å². The molecule has 2 nitrogen and oxygen atoms in total. The molecule has 23 heavy (non-hydrogen) atoms. The molecule has 1 atom stereocenters. The fraction of sp³-hybridized carbons (Fsp3) is 0.286. The maximum atomic E-state index is 13.3. The van der Waals surface area contributed by atoms with Gasteiger partial charge in [-0.15, -0.1) is 0 Å². The predicted octanol–water partition coefficient (Wildman–Crippen LogP) is 4.54. The average molecular weight is 301 g/mol. The van der Waals surface area contributed by atoms with E-state index in [0.717, 1.165) is 30.5 Å². The molecule has 2 aliphatic rings. The van der Waals surface area contributed by atoms with E-state index in [0.29, 0.717) is 5.78 Å². The lowest BCUT2D eigenvalue weighted by Crippen LogP contribution is -2.47. The molecule has 2 heteroatoms. The summed E-state index contributed by atoms with van der Waals surface area (Å²) in [6, 6.07) is 17.0. The van der Waals surface area contributed by atoms with E-state index in [-0.39, 0.29) is 6.04 Å². The molecule has 2 heterocycles. The van der Waals surface area contributed by atoms with Gasteiger partial charge in [0.15, 0.2) is 5.78 Å². The predicted molar refractivity (Wildman–Crippen MR) is 93.8 cm³/mol. The number of carbonyl (C=O) groups is 1. The Morgan fingerprint density at radius 3 is 2.26 bits per heavy atom. The number of hydrogen-bond acceptors (Lipinski definition) is 2. The van der Waals surface area contributed by atoms with Gasteiger partial charge in [-0.2, -0.15) is 0 Å². The van der Waals surface area contributed by atoms with Crippen LogP contribution in [-0.2, 0) is 6.54 Å². The van der Waals surface area contributed by atoms with Crippen LogP contribution in [0.15, 0.2) is 48.5 Å². The number of benzene rings is 3. The Hall–Kier alpha value is -2.19. The first kappa shape index (κ1) is 13.3. The molecule has 0 N–H and O–H groups in total. The zero-order chi connectivity index (χ0) is 15.4. The lowest BCUT2D eigenvalue weighted by atomic mass is 9.82. The summed E-state index contributed by atoms with van der Waals surface area (Å²) in [6.07, 6.45) is 3.40. The number of fused-ring (bicyclic) bond motifs is 7. The lowest BCUT2D eigenvalue weighted by Gasteiger charge is -2.39. The van der Waals surface area contributed by atoms with Crippen LogP contribution in [0.5, 0.6) is 0 Å². The normalized spacial score (nSPS) is 21.4. The molecule has 0 spiro atoms. The largest absolute Gasteiger partial charge is 0.292 e. The van der Waals surface area contributed by atoms with Gasteiger partial charge in [0.25, 0.3) is 0 Å². The monoisotopic (exact) mass is 301 g/mol. The molecule has 2 aliphatic heterocycles. The highest BCUT2D eigenvalue weighted by molar-refractivity contribution is 6.21. The van der Waals surface area contributed by atoms with E-state index in [1.54, 1.807) is 0 Å². The van der Waals surface area contributed by atoms with Crippen LogP contribution < -0.4 is 0 Å². The van der Waals surface area contributed by atoms with Gasteiger partial charge in [-0.1, -0.05) is 55.0 Å². The van der Waals surface area contributed by atoms with E-state index >= 15 is 0 Å². The highest BCUT2D eigenvalue weighted by atomic mass is 16.1. The summed E-state index contributed by atoms with van der Waals surface area (Å²) in [5.74, 6) is 0.341. The van der Waals surface area contributed by atoms with Gasteiger partial charge in [0.1, 0.15) is 0 Å². The van der Waals surface area contributed by atoms with Crippen LogP contribution in [0.4, 0.5) is 0 Å². The molecule has 0 aromatic heterocycles. The van der Waals surface area contributed by atoms with Crippen molar-refractivity contribution < 1.29 is 4.79 Å². The van der Waals surface area contributed by atoms with Crippen LogP contribution in [-0.4, -0.2) is 23.3 Å². The molecule has 3 aromatic carbocycles. The topological polar surface area (TPSA) is 20.3 Å². The van der Waals surface area contributed by atoms with Gasteiger partial charge in [-0.25, -0.2) is 0 Å². The third-order valence-electron chi connectivity index (χ3n) is 5.56. The minimum atomic E-state index is 0.0980. The van der Waals surface area contributed by atoms with Crippen molar-refractivity contribution in [2.75, 3.05) is 6.54 Å². The molecule has 0 saturated carbocycles. The Kier molecular flexibility index (Phi) is 2.83. The Morgan fingerprint density at radius 2 is 1.48 bits per heavy atom. The van der Waals surface area contributed by atoms with Crippen molar-refractivity contribution in [3.63, 3.8) is 0 Å².